The van der Waals surface area contributed by atoms with Gasteiger partial charge in [-0.15, -0.1) is 10.2 Å². The second-order valence-electron chi connectivity index (χ2n) is 6.04. The first-order valence-electron chi connectivity index (χ1n) is 8.23. The van der Waals surface area contributed by atoms with Crippen molar-refractivity contribution in [1.82, 2.24) is 20.1 Å². The fourth-order valence-corrected chi connectivity index (χ4v) is 3.30. The summed E-state index contributed by atoms with van der Waals surface area (Å²) >= 11 is 1.46. The van der Waals surface area contributed by atoms with Gasteiger partial charge in [-0.05, 0) is 19.8 Å². The van der Waals surface area contributed by atoms with E-state index < -0.39 is 0 Å². The van der Waals surface area contributed by atoms with Crippen LogP contribution in [0.4, 0.5) is 5.95 Å². The molecule has 0 unspecified atom stereocenters. The summed E-state index contributed by atoms with van der Waals surface area (Å²) in [5.74, 6) is 1.39. The van der Waals surface area contributed by atoms with Crippen LogP contribution >= 0.6 is 11.8 Å². The van der Waals surface area contributed by atoms with Crippen LogP contribution in [0.3, 0.4) is 0 Å². The number of thioether (sulfide) groups is 1. The molecule has 1 N–H and O–H groups in total. The van der Waals surface area contributed by atoms with E-state index in [1.165, 1.54) is 11.8 Å². The summed E-state index contributed by atoms with van der Waals surface area (Å²) in [6, 6.07) is 0. The van der Waals surface area contributed by atoms with Crippen LogP contribution in [0, 0.1) is 5.92 Å². The van der Waals surface area contributed by atoms with Crippen LogP contribution < -0.4 is 10.2 Å². The van der Waals surface area contributed by atoms with Crippen molar-refractivity contribution in [2.75, 3.05) is 37.7 Å². The predicted molar refractivity (Wildman–Crippen MR) is 91.9 cm³/mol. The summed E-state index contributed by atoms with van der Waals surface area (Å²) in [6.07, 6.45) is 0. The second kappa shape index (κ2) is 8.54. The molecule has 0 saturated carbocycles. The van der Waals surface area contributed by atoms with E-state index in [0.29, 0.717) is 25.7 Å². The van der Waals surface area contributed by atoms with Crippen molar-refractivity contribution in [2.24, 2.45) is 5.92 Å². The predicted octanol–water partition coefficient (Wildman–Crippen LogP) is 1.39. The standard InChI is InChI=1S/C15H27N5O2S/c1-5-16-13(21)12(4)23-15-18-17-14(20(15)10-11(2)3)19-6-8-22-9-7-19/h11-12H,5-10H2,1-4H3,(H,16,21)/t12-/m1/s1. The molecule has 1 aromatic heterocycles. The summed E-state index contributed by atoms with van der Waals surface area (Å²) in [5.41, 5.74) is 0. The minimum atomic E-state index is -0.192. The maximum absolute atomic E-state index is 12.0. The number of amides is 1. The Morgan fingerprint density at radius 1 is 1.30 bits per heavy atom. The molecular weight excluding hydrogens is 314 g/mol. The number of carbonyl (C=O) groups excluding carboxylic acids is 1. The summed E-state index contributed by atoms with van der Waals surface area (Å²) in [6.45, 7) is 12.7. The second-order valence-corrected chi connectivity index (χ2v) is 7.35. The quantitative estimate of drug-likeness (QED) is 0.756. The largest absolute Gasteiger partial charge is 0.378 e. The normalized spacial score (nSPS) is 16.7. The van der Waals surface area contributed by atoms with Crippen LogP contribution in [0.1, 0.15) is 27.7 Å². The third-order valence-electron chi connectivity index (χ3n) is 3.54. The molecule has 1 aliphatic heterocycles. The third kappa shape index (κ3) is 4.84. The summed E-state index contributed by atoms with van der Waals surface area (Å²) < 4.78 is 7.55. The van der Waals surface area contributed by atoms with Gasteiger partial charge in [-0.3, -0.25) is 9.36 Å². The van der Waals surface area contributed by atoms with Crippen molar-refractivity contribution in [2.45, 2.75) is 44.6 Å². The Morgan fingerprint density at radius 3 is 2.61 bits per heavy atom. The number of morpholine rings is 1. The Balaban J connectivity index is 2.17. The number of hydrogen-bond donors (Lipinski definition) is 1. The topological polar surface area (TPSA) is 72.3 Å². The highest BCUT2D eigenvalue weighted by atomic mass is 32.2. The molecular formula is C15H27N5O2S. The van der Waals surface area contributed by atoms with E-state index in [1.807, 2.05) is 13.8 Å². The molecule has 1 aliphatic rings. The molecule has 2 rings (SSSR count). The Kier molecular flexibility index (Phi) is 6.71. The number of aromatic nitrogens is 3. The van der Waals surface area contributed by atoms with E-state index in [9.17, 15) is 4.79 Å². The lowest BCUT2D eigenvalue weighted by Crippen LogP contribution is -2.38. The zero-order valence-electron chi connectivity index (χ0n) is 14.4. The van der Waals surface area contributed by atoms with E-state index in [1.54, 1.807) is 0 Å². The lowest BCUT2D eigenvalue weighted by atomic mass is 10.2. The average Bonchev–Trinajstić information content (AvgIpc) is 2.90. The lowest BCUT2D eigenvalue weighted by molar-refractivity contribution is -0.120. The number of hydrogen-bond acceptors (Lipinski definition) is 6. The van der Waals surface area contributed by atoms with E-state index in [0.717, 1.165) is 30.7 Å². The van der Waals surface area contributed by atoms with Crippen LogP contribution in [0.2, 0.25) is 0 Å². The fraction of sp³-hybridized carbons (Fsp3) is 0.800. The van der Waals surface area contributed by atoms with Gasteiger partial charge in [0, 0.05) is 26.2 Å². The van der Waals surface area contributed by atoms with Gasteiger partial charge in [0.1, 0.15) is 0 Å². The van der Waals surface area contributed by atoms with Gasteiger partial charge >= 0.3 is 0 Å². The first-order valence-corrected chi connectivity index (χ1v) is 9.11. The molecule has 1 fully saturated rings. The van der Waals surface area contributed by atoms with Gasteiger partial charge in [0.25, 0.3) is 0 Å². The Morgan fingerprint density at radius 2 is 2.00 bits per heavy atom. The molecule has 2 heterocycles. The SMILES string of the molecule is CCNC(=O)[C@@H](C)Sc1nnc(N2CCOCC2)n1CC(C)C. The van der Waals surface area contributed by atoms with Gasteiger partial charge in [0.05, 0.1) is 18.5 Å². The zero-order chi connectivity index (χ0) is 16.8. The van der Waals surface area contributed by atoms with E-state index in [2.05, 4.69) is 38.8 Å². The molecule has 130 valence electrons. The first-order chi connectivity index (χ1) is 11.0. The van der Waals surface area contributed by atoms with Crippen molar-refractivity contribution in [1.29, 1.82) is 0 Å². The van der Waals surface area contributed by atoms with Gasteiger partial charge in [-0.2, -0.15) is 0 Å². The smallest absolute Gasteiger partial charge is 0.233 e. The first kappa shape index (κ1) is 18.1. The van der Waals surface area contributed by atoms with Gasteiger partial charge < -0.3 is 15.0 Å². The third-order valence-corrected chi connectivity index (χ3v) is 4.62. The molecule has 0 bridgehead atoms. The highest BCUT2D eigenvalue weighted by molar-refractivity contribution is 8.00. The van der Waals surface area contributed by atoms with Gasteiger partial charge in [0.15, 0.2) is 5.16 Å². The van der Waals surface area contributed by atoms with Gasteiger partial charge in [-0.1, -0.05) is 25.6 Å². The number of carbonyl (C=O) groups is 1. The molecule has 0 radical (unpaired) electrons. The van der Waals surface area contributed by atoms with Crippen LogP contribution in [0.25, 0.3) is 0 Å². The highest BCUT2D eigenvalue weighted by Crippen LogP contribution is 2.27. The minimum absolute atomic E-state index is 0.0320. The Labute approximate surface area is 142 Å². The molecule has 1 amide bonds. The van der Waals surface area contributed by atoms with Crippen molar-refractivity contribution < 1.29 is 9.53 Å². The molecule has 0 aromatic carbocycles. The molecule has 0 spiro atoms. The molecule has 0 aliphatic carbocycles. The van der Waals surface area contributed by atoms with Crippen molar-refractivity contribution in [3.8, 4) is 0 Å². The molecule has 23 heavy (non-hydrogen) atoms. The van der Waals surface area contributed by atoms with Crippen molar-refractivity contribution >= 4 is 23.6 Å². The Bertz CT molecular complexity index is 514. The van der Waals surface area contributed by atoms with E-state index >= 15 is 0 Å². The Hall–Kier alpha value is -1.28. The molecule has 1 saturated heterocycles. The number of nitrogens with one attached hydrogen (secondary N) is 1. The molecule has 1 atom stereocenters. The molecule has 7 nitrogen and oxygen atoms in total. The van der Waals surface area contributed by atoms with Crippen molar-refractivity contribution in [3.05, 3.63) is 0 Å². The molecule has 8 heteroatoms. The van der Waals surface area contributed by atoms with Crippen LogP contribution in [0.15, 0.2) is 5.16 Å². The molecule has 1 aromatic rings. The maximum Gasteiger partial charge on any atom is 0.233 e. The highest BCUT2D eigenvalue weighted by Gasteiger charge is 2.24. The van der Waals surface area contributed by atoms with Gasteiger partial charge in [0.2, 0.25) is 11.9 Å². The zero-order valence-corrected chi connectivity index (χ0v) is 15.2. The number of rotatable bonds is 7. The van der Waals surface area contributed by atoms with E-state index in [4.69, 9.17) is 4.74 Å². The minimum Gasteiger partial charge on any atom is -0.378 e. The average molecular weight is 341 g/mol. The summed E-state index contributed by atoms with van der Waals surface area (Å²) in [7, 11) is 0. The number of ether oxygens (including phenoxy) is 1. The fourth-order valence-electron chi connectivity index (χ4n) is 2.42. The number of anilines is 1. The van der Waals surface area contributed by atoms with Crippen LogP contribution in [-0.2, 0) is 16.1 Å². The summed E-state index contributed by atoms with van der Waals surface area (Å²) in [5, 5.41) is 12.2. The maximum atomic E-state index is 12.0. The van der Waals surface area contributed by atoms with Gasteiger partial charge in [-0.25, -0.2) is 0 Å². The van der Waals surface area contributed by atoms with Crippen molar-refractivity contribution in [3.63, 3.8) is 0 Å². The van der Waals surface area contributed by atoms with Crippen LogP contribution in [-0.4, -0.2) is 58.8 Å². The van der Waals surface area contributed by atoms with Crippen LogP contribution in [0.5, 0.6) is 0 Å². The monoisotopic (exact) mass is 341 g/mol. The lowest BCUT2D eigenvalue weighted by Gasteiger charge is -2.28. The number of nitrogens with zero attached hydrogens (tertiary/aromatic N) is 4. The summed E-state index contributed by atoms with van der Waals surface area (Å²) in [4.78, 5) is 14.2. The van der Waals surface area contributed by atoms with E-state index in [-0.39, 0.29) is 11.2 Å².